The molecule has 0 saturated heterocycles. The van der Waals surface area contributed by atoms with Gasteiger partial charge in [-0.2, -0.15) is 0 Å². The van der Waals surface area contributed by atoms with Gasteiger partial charge in [-0.25, -0.2) is 10.1 Å². The van der Waals surface area contributed by atoms with Crippen molar-refractivity contribution in [2.75, 3.05) is 65.0 Å². The van der Waals surface area contributed by atoms with Gasteiger partial charge in [-0.1, -0.05) is 62.4 Å². The summed E-state index contributed by atoms with van der Waals surface area (Å²) in [4.78, 5) is 9.41. The van der Waals surface area contributed by atoms with Gasteiger partial charge < -0.3 is 25.0 Å². The lowest BCUT2D eigenvalue weighted by Crippen LogP contribution is -2.22. The first-order chi connectivity index (χ1) is 20.3. The van der Waals surface area contributed by atoms with Crippen molar-refractivity contribution in [2.24, 2.45) is 0 Å². The van der Waals surface area contributed by atoms with Gasteiger partial charge >= 0.3 is 0 Å². The third-order valence-corrected chi connectivity index (χ3v) is 7.05. The van der Waals surface area contributed by atoms with E-state index in [1.807, 2.05) is 18.2 Å². The molecule has 5 aromatic rings. The summed E-state index contributed by atoms with van der Waals surface area (Å²) in [6.07, 6.45) is 0. The molecule has 0 unspecified atom stereocenters. The second-order valence-electron chi connectivity index (χ2n) is 11.3. The van der Waals surface area contributed by atoms with Crippen LogP contribution in [0.4, 0.5) is 11.6 Å². The summed E-state index contributed by atoms with van der Waals surface area (Å²) in [5, 5.41) is 30.6. The van der Waals surface area contributed by atoms with Crippen LogP contribution in [0.3, 0.4) is 0 Å². The number of rotatable bonds is 13. The van der Waals surface area contributed by atoms with E-state index in [0.29, 0.717) is 18.2 Å². The molecule has 12 heteroatoms. The van der Waals surface area contributed by atoms with E-state index in [-0.39, 0.29) is 5.92 Å². The number of hydrogen-bond acceptors (Lipinski definition) is 10. The number of anilines is 2. The minimum absolute atomic E-state index is 0.211. The molecule has 42 heavy (non-hydrogen) atoms. The zero-order valence-corrected chi connectivity index (χ0v) is 25.3. The number of likely N-dealkylation sites (N-methyl/N-ethyl adjacent to an activating group) is 2. The third-order valence-electron chi connectivity index (χ3n) is 7.05. The number of aromatic nitrogens is 8. The molecule has 0 spiro atoms. The van der Waals surface area contributed by atoms with Crippen molar-refractivity contribution < 1.29 is 0 Å². The summed E-state index contributed by atoms with van der Waals surface area (Å²) >= 11 is 0. The van der Waals surface area contributed by atoms with Gasteiger partial charge in [-0.15, -0.1) is 15.3 Å². The van der Waals surface area contributed by atoms with Crippen LogP contribution in [0.15, 0.2) is 48.5 Å². The maximum absolute atomic E-state index is 5.13. The molecule has 3 N–H and O–H groups in total. The van der Waals surface area contributed by atoms with Crippen molar-refractivity contribution in [1.29, 1.82) is 0 Å². The number of imidazole rings is 1. The minimum atomic E-state index is 0.211. The van der Waals surface area contributed by atoms with Crippen LogP contribution in [0.25, 0.3) is 33.5 Å². The molecule has 0 radical (unpaired) electrons. The molecule has 0 fully saturated rings. The Morgan fingerprint density at radius 1 is 0.810 bits per heavy atom. The highest BCUT2D eigenvalue weighted by atomic mass is 15.5. The van der Waals surface area contributed by atoms with E-state index in [0.717, 1.165) is 71.1 Å². The summed E-state index contributed by atoms with van der Waals surface area (Å²) in [5.74, 6) is 3.31. The number of H-pyrrole nitrogens is 1. The Hall–Kier alpha value is -4.42. The number of fused-ring (bicyclic) bond motifs is 1. The van der Waals surface area contributed by atoms with Crippen LogP contribution >= 0.6 is 0 Å². The summed E-state index contributed by atoms with van der Waals surface area (Å²) in [7, 11) is 8.24. The zero-order valence-electron chi connectivity index (χ0n) is 25.3. The SMILES string of the molecule is CC(C)c1nc2c(NCCN(C)C)nnc(NCCN(C)C)c2n1Cc1ccc(-c2ccccc2-c2nnn[nH]2)cc1. The van der Waals surface area contributed by atoms with E-state index < -0.39 is 0 Å². The molecule has 0 aliphatic carbocycles. The van der Waals surface area contributed by atoms with Gasteiger partial charge in [0.25, 0.3) is 0 Å². The zero-order chi connectivity index (χ0) is 29.6. The van der Waals surface area contributed by atoms with Crippen LogP contribution in [-0.4, -0.2) is 105 Å². The highest BCUT2D eigenvalue weighted by Gasteiger charge is 2.22. The van der Waals surface area contributed by atoms with E-state index in [2.05, 4.69) is 128 Å². The monoisotopic (exact) mass is 568 g/mol. The highest BCUT2D eigenvalue weighted by Crippen LogP contribution is 2.32. The van der Waals surface area contributed by atoms with Crippen LogP contribution in [0.1, 0.15) is 31.2 Å². The number of hydrogen-bond donors (Lipinski definition) is 3. The molecule has 5 rings (SSSR count). The van der Waals surface area contributed by atoms with Crippen molar-refractivity contribution in [1.82, 2.24) is 50.2 Å². The maximum atomic E-state index is 5.13. The lowest BCUT2D eigenvalue weighted by Gasteiger charge is -2.16. The van der Waals surface area contributed by atoms with Crippen molar-refractivity contribution >= 4 is 22.7 Å². The fraction of sp³-hybridized carbons (Fsp3) is 0.400. The first-order valence-electron chi connectivity index (χ1n) is 14.3. The van der Waals surface area contributed by atoms with E-state index in [1.54, 1.807) is 0 Å². The van der Waals surface area contributed by atoms with Gasteiger partial charge in [0.1, 0.15) is 16.9 Å². The first kappa shape index (κ1) is 29.1. The highest BCUT2D eigenvalue weighted by molar-refractivity contribution is 5.94. The smallest absolute Gasteiger partial charge is 0.180 e. The first-order valence-corrected chi connectivity index (χ1v) is 14.3. The largest absolute Gasteiger partial charge is 0.365 e. The Bertz CT molecular complexity index is 1590. The second kappa shape index (κ2) is 13.0. The molecule has 0 bridgehead atoms. The van der Waals surface area contributed by atoms with Gasteiger partial charge in [0.05, 0.1) is 0 Å². The van der Waals surface area contributed by atoms with Gasteiger partial charge in [-0.05, 0) is 55.3 Å². The summed E-state index contributed by atoms with van der Waals surface area (Å²) in [6, 6.07) is 16.8. The van der Waals surface area contributed by atoms with Gasteiger partial charge in [0, 0.05) is 44.2 Å². The van der Waals surface area contributed by atoms with Crippen molar-refractivity contribution in [2.45, 2.75) is 26.3 Å². The van der Waals surface area contributed by atoms with Crippen molar-refractivity contribution in [3.63, 3.8) is 0 Å². The minimum Gasteiger partial charge on any atom is -0.365 e. The molecule has 0 amide bonds. The molecule has 3 heterocycles. The Labute approximate surface area is 246 Å². The van der Waals surface area contributed by atoms with Crippen LogP contribution < -0.4 is 10.6 Å². The lowest BCUT2D eigenvalue weighted by molar-refractivity contribution is 0.424. The molecule has 0 atom stereocenters. The standard InChI is InChI=1S/C30H40N12/c1-20(2)30-33-25-26(29(32-16-18-41(5)6)35-34-28(25)31-15-17-40(3)4)42(30)19-21-11-13-22(14-12-21)23-9-7-8-10-24(23)27-36-38-39-37-27/h7-14,20H,15-19H2,1-6H3,(H,31,34)(H,32,35)(H,36,37,38,39). The molecule has 0 aliphatic heterocycles. The number of aromatic amines is 1. The normalized spacial score (nSPS) is 11.7. The second-order valence-corrected chi connectivity index (χ2v) is 11.3. The van der Waals surface area contributed by atoms with Gasteiger partial charge in [0.2, 0.25) is 0 Å². The van der Waals surface area contributed by atoms with Gasteiger partial charge in [0.15, 0.2) is 17.5 Å². The Balaban J connectivity index is 1.51. The fourth-order valence-electron chi connectivity index (χ4n) is 4.89. The fourth-order valence-corrected chi connectivity index (χ4v) is 4.89. The summed E-state index contributed by atoms with van der Waals surface area (Å²) in [6.45, 7) is 8.27. The molecule has 0 aliphatic rings. The lowest BCUT2D eigenvalue weighted by atomic mass is 9.98. The average Bonchev–Trinajstić information content (AvgIpc) is 3.63. The van der Waals surface area contributed by atoms with Gasteiger partial charge in [-0.3, -0.25) is 0 Å². The van der Waals surface area contributed by atoms with Crippen LogP contribution in [-0.2, 0) is 6.54 Å². The topological polar surface area (TPSA) is 129 Å². The molecule has 12 nitrogen and oxygen atoms in total. The van der Waals surface area contributed by atoms with E-state index in [9.17, 15) is 0 Å². The summed E-state index contributed by atoms with van der Waals surface area (Å²) in [5.41, 5.74) is 6.08. The Morgan fingerprint density at radius 2 is 1.45 bits per heavy atom. The Kier molecular flexibility index (Phi) is 9.03. The predicted octanol–water partition coefficient (Wildman–Crippen LogP) is 3.79. The van der Waals surface area contributed by atoms with E-state index >= 15 is 0 Å². The quantitative estimate of drug-likeness (QED) is 0.193. The number of nitrogens with one attached hydrogen (secondary N) is 3. The molecule has 3 aromatic heterocycles. The van der Waals surface area contributed by atoms with Crippen molar-refractivity contribution in [3.8, 4) is 22.5 Å². The number of benzene rings is 2. The van der Waals surface area contributed by atoms with Crippen LogP contribution in [0.2, 0.25) is 0 Å². The average molecular weight is 569 g/mol. The third kappa shape index (κ3) is 6.55. The number of tetrazole rings is 1. The van der Waals surface area contributed by atoms with E-state index in [1.165, 1.54) is 0 Å². The molecular weight excluding hydrogens is 528 g/mol. The number of nitrogens with zero attached hydrogens (tertiary/aromatic N) is 9. The maximum Gasteiger partial charge on any atom is 0.180 e. The molecule has 0 saturated carbocycles. The molecule has 2 aromatic carbocycles. The predicted molar refractivity (Wildman–Crippen MR) is 168 cm³/mol. The molecular formula is C30H40N12. The van der Waals surface area contributed by atoms with Crippen LogP contribution in [0.5, 0.6) is 0 Å². The molecule has 220 valence electrons. The Morgan fingerprint density at radius 3 is 2.07 bits per heavy atom. The van der Waals surface area contributed by atoms with Crippen molar-refractivity contribution in [3.05, 3.63) is 59.9 Å². The van der Waals surface area contributed by atoms with Crippen LogP contribution in [0, 0.1) is 0 Å². The van der Waals surface area contributed by atoms with E-state index in [4.69, 9.17) is 4.98 Å². The summed E-state index contributed by atoms with van der Waals surface area (Å²) < 4.78 is 2.28.